The Balaban J connectivity index is 2.02. The highest BCUT2D eigenvalue weighted by atomic mass is 16.1. The van der Waals surface area contributed by atoms with Gasteiger partial charge in [0.05, 0.1) is 0 Å². The Labute approximate surface area is 98.4 Å². The zero-order valence-corrected chi connectivity index (χ0v) is 10.8. The average Bonchev–Trinajstić information content (AvgIpc) is 2.31. The molecule has 2 atom stereocenters. The maximum Gasteiger partial charge on any atom is 0.218 e. The zero-order valence-electron chi connectivity index (χ0n) is 10.8. The summed E-state index contributed by atoms with van der Waals surface area (Å²) in [5.41, 5.74) is 6.15. The van der Waals surface area contributed by atoms with Crippen LogP contribution < -0.4 is 5.73 Å². The molecule has 16 heavy (non-hydrogen) atoms. The Kier molecular flexibility index (Phi) is 2.77. The van der Waals surface area contributed by atoms with Gasteiger partial charge in [-0.15, -0.1) is 0 Å². The summed E-state index contributed by atoms with van der Waals surface area (Å²) in [6.07, 6.45) is 4.38. The van der Waals surface area contributed by atoms with Gasteiger partial charge in [0.25, 0.3) is 0 Å². The topological polar surface area (TPSA) is 46.3 Å². The Hall–Kier alpha value is -0.570. The molecule has 1 heterocycles. The van der Waals surface area contributed by atoms with Gasteiger partial charge in [-0.05, 0) is 30.1 Å². The minimum atomic E-state index is -0.175. The van der Waals surface area contributed by atoms with Crippen molar-refractivity contribution < 1.29 is 4.79 Å². The molecule has 3 heteroatoms. The summed E-state index contributed by atoms with van der Waals surface area (Å²) in [4.78, 5) is 13.3. The van der Waals surface area contributed by atoms with Crippen LogP contribution in [0.2, 0.25) is 0 Å². The third-order valence-corrected chi connectivity index (χ3v) is 4.17. The van der Waals surface area contributed by atoms with Crippen molar-refractivity contribution in [2.24, 2.45) is 16.6 Å². The van der Waals surface area contributed by atoms with E-state index < -0.39 is 0 Å². The van der Waals surface area contributed by atoms with Crippen LogP contribution in [-0.4, -0.2) is 29.9 Å². The number of hydrogen-bond acceptors (Lipinski definition) is 2. The predicted octanol–water partition coefficient (Wildman–Crippen LogP) is 1.76. The van der Waals surface area contributed by atoms with Gasteiger partial charge in [0.1, 0.15) is 0 Å². The first-order chi connectivity index (χ1) is 7.30. The van der Waals surface area contributed by atoms with Crippen LogP contribution in [0.3, 0.4) is 0 Å². The summed E-state index contributed by atoms with van der Waals surface area (Å²) in [5, 5.41) is 0. The molecule has 0 unspecified atom stereocenters. The third kappa shape index (κ3) is 2.40. The lowest BCUT2D eigenvalue weighted by molar-refractivity contribution is -0.118. The van der Waals surface area contributed by atoms with E-state index in [2.05, 4.69) is 25.7 Å². The van der Waals surface area contributed by atoms with Gasteiger partial charge in [-0.2, -0.15) is 0 Å². The van der Waals surface area contributed by atoms with Crippen LogP contribution in [0.1, 0.15) is 46.5 Å². The highest BCUT2D eigenvalue weighted by Gasteiger charge is 2.49. The monoisotopic (exact) mass is 224 g/mol. The molecule has 1 saturated carbocycles. The minimum Gasteiger partial charge on any atom is -0.370 e. The number of fused-ring (bicyclic) bond motifs is 2. The van der Waals surface area contributed by atoms with E-state index >= 15 is 0 Å². The Morgan fingerprint density at radius 3 is 2.69 bits per heavy atom. The fraction of sp³-hybridized carbons (Fsp3) is 0.923. The number of rotatable bonds is 3. The second-order valence-corrected chi connectivity index (χ2v) is 6.90. The summed E-state index contributed by atoms with van der Waals surface area (Å²) in [5.74, 6) is -0.175. The van der Waals surface area contributed by atoms with E-state index in [0.717, 1.165) is 13.1 Å². The van der Waals surface area contributed by atoms with Crippen molar-refractivity contribution in [3.8, 4) is 0 Å². The lowest BCUT2D eigenvalue weighted by atomic mass is 9.65. The first-order valence-corrected chi connectivity index (χ1v) is 6.32. The molecule has 92 valence electrons. The number of hydrogen-bond donors (Lipinski definition) is 1. The van der Waals surface area contributed by atoms with Crippen molar-refractivity contribution in [3.05, 3.63) is 0 Å². The molecule has 1 saturated heterocycles. The van der Waals surface area contributed by atoms with Gasteiger partial charge < -0.3 is 5.73 Å². The lowest BCUT2D eigenvalue weighted by Gasteiger charge is -2.39. The number of carbonyl (C=O) groups is 1. The zero-order chi connectivity index (χ0) is 12.0. The van der Waals surface area contributed by atoms with E-state index in [0.29, 0.717) is 23.3 Å². The molecule has 2 fully saturated rings. The number of nitrogens with two attached hydrogens (primary N) is 1. The normalized spacial score (nSPS) is 37.6. The van der Waals surface area contributed by atoms with Gasteiger partial charge in [-0.1, -0.05) is 20.8 Å². The number of primary amides is 1. The average molecular weight is 224 g/mol. The summed E-state index contributed by atoms with van der Waals surface area (Å²) in [6.45, 7) is 9.13. The van der Waals surface area contributed by atoms with Crippen LogP contribution in [0.15, 0.2) is 0 Å². The van der Waals surface area contributed by atoms with Gasteiger partial charge in [-0.25, -0.2) is 0 Å². The molecule has 2 N–H and O–H groups in total. The number of carbonyl (C=O) groups excluding carboxylic acids is 1. The van der Waals surface area contributed by atoms with Gasteiger partial charge in [0.2, 0.25) is 5.91 Å². The molecule has 3 nitrogen and oxygen atoms in total. The molecule has 1 aliphatic heterocycles. The predicted molar refractivity (Wildman–Crippen MR) is 64.9 cm³/mol. The van der Waals surface area contributed by atoms with Gasteiger partial charge in [0, 0.05) is 25.6 Å². The van der Waals surface area contributed by atoms with Crippen LogP contribution >= 0.6 is 0 Å². The van der Waals surface area contributed by atoms with E-state index in [-0.39, 0.29) is 5.91 Å². The van der Waals surface area contributed by atoms with Gasteiger partial charge in [-0.3, -0.25) is 9.69 Å². The lowest BCUT2D eigenvalue weighted by Crippen LogP contribution is -2.35. The molecule has 0 spiro atoms. The molecule has 2 bridgehead atoms. The summed E-state index contributed by atoms with van der Waals surface area (Å²) >= 11 is 0. The van der Waals surface area contributed by atoms with E-state index in [4.69, 9.17) is 5.73 Å². The second-order valence-electron chi connectivity index (χ2n) is 6.90. The highest BCUT2D eigenvalue weighted by Crippen LogP contribution is 2.52. The van der Waals surface area contributed by atoms with Crippen molar-refractivity contribution in [3.63, 3.8) is 0 Å². The summed E-state index contributed by atoms with van der Waals surface area (Å²) in [6, 6.07) is 0.674. The Morgan fingerprint density at radius 1 is 1.38 bits per heavy atom. The molecule has 2 aliphatic rings. The molecular formula is C13H24N2O. The standard InChI is InChI=1S/C13H24N2O/c1-12(2)6-10-7-13(3,8-12)9-15(10)5-4-11(14)16/h10H,4-9H2,1-3H3,(H2,14,16)/t10-,13-/m0/s1. The Bertz CT molecular complexity index is 300. The smallest absolute Gasteiger partial charge is 0.218 e. The van der Waals surface area contributed by atoms with E-state index in [1.54, 1.807) is 0 Å². The van der Waals surface area contributed by atoms with Crippen molar-refractivity contribution in [2.45, 2.75) is 52.5 Å². The minimum absolute atomic E-state index is 0.175. The van der Waals surface area contributed by atoms with Crippen molar-refractivity contribution in [1.29, 1.82) is 0 Å². The quantitative estimate of drug-likeness (QED) is 0.794. The molecule has 1 aliphatic carbocycles. The molecule has 0 aromatic carbocycles. The highest BCUT2D eigenvalue weighted by molar-refractivity contribution is 5.73. The molecular weight excluding hydrogens is 200 g/mol. The van der Waals surface area contributed by atoms with Crippen LogP contribution in [0.25, 0.3) is 0 Å². The van der Waals surface area contributed by atoms with E-state index in [1.165, 1.54) is 19.3 Å². The first-order valence-electron chi connectivity index (χ1n) is 6.32. The van der Waals surface area contributed by atoms with Crippen LogP contribution in [0.5, 0.6) is 0 Å². The van der Waals surface area contributed by atoms with Crippen LogP contribution in [0, 0.1) is 10.8 Å². The fourth-order valence-corrected chi connectivity index (χ4v) is 4.09. The number of nitrogens with zero attached hydrogens (tertiary/aromatic N) is 1. The van der Waals surface area contributed by atoms with E-state index in [9.17, 15) is 4.79 Å². The summed E-state index contributed by atoms with van der Waals surface area (Å²) in [7, 11) is 0. The first kappa shape index (κ1) is 11.9. The molecule has 0 aromatic rings. The van der Waals surface area contributed by atoms with Gasteiger partial charge in [0.15, 0.2) is 0 Å². The summed E-state index contributed by atoms with van der Waals surface area (Å²) < 4.78 is 0. The molecule has 0 aromatic heterocycles. The van der Waals surface area contributed by atoms with Gasteiger partial charge >= 0.3 is 0 Å². The third-order valence-electron chi connectivity index (χ3n) is 4.17. The van der Waals surface area contributed by atoms with Crippen LogP contribution in [0.4, 0.5) is 0 Å². The number of likely N-dealkylation sites (tertiary alicyclic amines) is 1. The van der Waals surface area contributed by atoms with Crippen molar-refractivity contribution in [1.82, 2.24) is 4.90 Å². The van der Waals surface area contributed by atoms with E-state index in [1.807, 2.05) is 0 Å². The number of amides is 1. The second kappa shape index (κ2) is 3.73. The maximum absolute atomic E-state index is 10.9. The SMILES string of the molecule is CC1(C)C[C@H]2C[C@](C)(CN2CCC(N)=O)C1. The van der Waals surface area contributed by atoms with Crippen LogP contribution in [-0.2, 0) is 4.79 Å². The molecule has 0 radical (unpaired) electrons. The fourth-order valence-electron chi connectivity index (χ4n) is 4.09. The molecule has 1 amide bonds. The van der Waals surface area contributed by atoms with Crippen molar-refractivity contribution in [2.75, 3.05) is 13.1 Å². The maximum atomic E-state index is 10.9. The molecule has 2 rings (SSSR count). The Morgan fingerprint density at radius 2 is 2.06 bits per heavy atom. The largest absolute Gasteiger partial charge is 0.370 e. The van der Waals surface area contributed by atoms with Crippen molar-refractivity contribution >= 4 is 5.91 Å².